The summed E-state index contributed by atoms with van der Waals surface area (Å²) in [5, 5.41) is 3.41. The first-order valence-corrected chi connectivity index (χ1v) is 5.05. The Hall–Kier alpha value is -0.120. The predicted octanol–water partition coefficient (Wildman–Crippen LogP) is 1.38. The molecule has 0 aromatic heterocycles. The van der Waals surface area contributed by atoms with Gasteiger partial charge in [0.2, 0.25) is 0 Å². The third-order valence-corrected chi connectivity index (χ3v) is 2.54. The Morgan fingerprint density at radius 3 is 2.38 bits per heavy atom. The topological polar surface area (TPSA) is 30.5 Å². The average molecular weight is 187 g/mol. The molecule has 0 aromatic carbocycles. The normalized spacial score (nSPS) is 19.4. The summed E-state index contributed by atoms with van der Waals surface area (Å²) in [6.07, 6.45) is 4.02. The highest BCUT2D eigenvalue weighted by Gasteiger charge is 2.23. The van der Waals surface area contributed by atoms with Gasteiger partial charge in [0.15, 0.2) is 6.29 Å². The van der Waals surface area contributed by atoms with E-state index in [1.165, 1.54) is 19.3 Å². The standard InChI is InChI=1S/C10H21NO2/c1-8(6-9-4-5-9)11-7-10(12-2)13-3/h8-11H,4-7H2,1-3H3. The first-order valence-electron chi connectivity index (χ1n) is 5.05. The van der Waals surface area contributed by atoms with Gasteiger partial charge < -0.3 is 14.8 Å². The third-order valence-electron chi connectivity index (χ3n) is 2.54. The van der Waals surface area contributed by atoms with Crippen LogP contribution in [-0.4, -0.2) is 33.1 Å². The van der Waals surface area contributed by atoms with E-state index in [4.69, 9.17) is 9.47 Å². The fraction of sp³-hybridized carbons (Fsp3) is 1.00. The van der Waals surface area contributed by atoms with Crippen molar-refractivity contribution in [3.8, 4) is 0 Å². The molecule has 0 bridgehead atoms. The van der Waals surface area contributed by atoms with E-state index in [0.29, 0.717) is 6.04 Å². The predicted molar refractivity (Wildman–Crippen MR) is 52.6 cm³/mol. The molecule has 0 heterocycles. The summed E-state index contributed by atoms with van der Waals surface area (Å²) in [6.45, 7) is 3.00. The van der Waals surface area contributed by atoms with Crippen molar-refractivity contribution in [2.75, 3.05) is 20.8 Å². The smallest absolute Gasteiger partial charge is 0.169 e. The van der Waals surface area contributed by atoms with E-state index in [9.17, 15) is 0 Å². The zero-order valence-electron chi connectivity index (χ0n) is 8.88. The number of hydrogen-bond acceptors (Lipinski definition) is 3. The van der Waals surface area contributed by atoms with Crippen LogP contribution in [0, 0.1) is 5.92 Å². The first-order chi connectivity index (χ1) is 6.26. The van der Waals surface area contributed by atoms with E-state index in [-0.39, 0.29) is 6.29 Å². The van der Waals surface area contributed by atoms with E-state index >= 15 is 0 Å². The van der Waals surface area contributed by atoms with Gasteiger partial charge in [0.05, 0.1) is 0 Å². The Morgan fingerprint density at radius 1 is 1.31 bits per heavy atom. The van der Waals surface area contributed by atoms with Crippen LogP contribution in [0.4, 0.5) is 0 Å². The van der Waals surface area contributed by atoms with Crippen LogP contribution >= 0.6 is 0 Å². The van der Waals surface area contributed by atoms with E-state index in [2.05, 4.69) is 12.2 Å². The van der Waals surface area contributed by atoms with Gasteiger partial charge in [-0.1, -0.05) is 12.8 Å². The number of nitrogens with one attached hydrogen (secondary N) is 1. The summed E-state index contributed by atoms with van der Waals surface area (Å²) >= 11 is 0. The molecule has 0 radical (unpaired) electrons. The Balaban J connectivity index is 2.01. The molecule has 0 spiro atoms. The highest BCUT2D eigenvalue weighted by atomic mass is 16.7. The fourth-order valence-corrected chi connectivity index (χ4v) is 1.50. The summed E-state index contributed by atoms with van der Waals surface area (Å²) in [7, 11) is 3.34. The molecule has 78 valence electrons. The second kappa shape index (κ2) is 5.58. The lowest BCUT2D eigenvalue weighted by Crippen LogP contribution is -2.35. The van der Waals surface area contributed by atoms with Crippen molar-refractivity contribution in [1.82, 2.24) is 5.32 Å². The van der Waals surface area contributed by atoms with E-state index < -0.39 is 0 Å². The molecule has 1 saturated carbocycles. The number of methoxy groups -OCH3 is 2. The zero-order valence-corrected chi connectivity index (χ0v) is 8.88. The van der Waals surface area contributed by atoms with Gasteiger partial charge in [0, 0.05) is 26.8 Å². The lowest BCUT2D eigenvalue weighted by Gasteiger charge is -2.18. The molecular weight excluding hydrogens is 166 g/mol. The van der Waals surface area contributed by atoms with Crippen molar-refractivity contribution in [2.45, 2.75) is 38.5 Å². The largest absolute Gasteiger partial charge is 0.355 e. The fourth-order valence-electron chi connectivity index (χ4n) is 1.50. The van der Waals surface area contributed by atoms with Crippen LogP contribution in [-0.2, 0) is 9.47 Å². The van der Waals surface area contributed by atoms with Crippen LogP contribution in [0.5, 0.6) is 0 Å². The third kappa shape index (κ3) is 4.60. The van der Waals surface area contributed by atoms with Crippen molar-refractivity contribution in [1.29, 1.82) is 0 Å². The van der Waals surface area contributed by atoms with E-state index in [0.717, 1.165) is 12.5 Å². The maximum absolute atomic E-state index is 5.09. The number of hydrogen-bond donors (Lipinski definition) is 1. The van der Waals surface area contributed by atoms with Gasteiger partial charge >= 0.3 is 0 Å². The summed E-state index contributed by atoms with van der Waals surface area (Å²) in [4.78, 5) is 0. The van der Waals surface area contributed by atoms with Gasteiger partial charge in [0.1, 0.15) is 0 Å². The quantitative estimate of drug-likeness (QED) is 0.611. The van der Waals surface area contributed by atoms with Crippen LogP contribution in [0.15, 0.2) is 0 Å². The Morgan fingerprint density at radius 2 is 1.92 bits per heavy atom. The first kappa shape index (κ1) is 11.0. The molecule has 1 N–H and O–H groups in total. The molecule has 3 heteroatoms. The van der Waals surface area contributed by atoms with Crippen molar-refractivity contribution < 1.29 is 9.47 Å². The SMILES string of the molecule is COC(CNC(C)CC1CC1)OC. The molecule has 1 aliphatic carbocycles. The monoisotopic (exact) mass is 187 g/mol. The molecule has 0 aromatic rings. The second-order valence-corrected chi connectivity index (χ2v) is 3.89. The summed E-state index contributed by atoms with van der Waals surface area (Å²) in [5.41, 5.74) is 0. The molecule has 1 fully saturated rings. The zero-order chi connectivity index (χ0) is 9.68. The molecular formula is C10H21NO2. The highest BCUT2D eigenvalue weighted by Crippen LogP contribution is 2.33. The van der Waals surface area contributed by atoms with Crippen LogP contribution in [0.3, 0.4) is 0 Å². The lowest BCUT2D eigenvalue weighted by atomic mass is 10.1. The van der Waals surface area contributed by atoms with E-state index in [1.807, 2.05) is 0 Å². The van der Waals surface area contributed by atoms with Crippen LogP contribution in [0.1, 0.15) is 26.2 Å². The van der Waals surface area contributed by atoms with E-state index in [1.54, 1.807) is 14.2 Å². The maximum atomic E-state index is 5.09. The molecule has 1 aliphatic rings. The molecule has 0 saturated heterocycles. The summed E-state index contributed by atoms with van der Waals surface area (Å²) < 4.78 is 10.2. The van der Waals surface area contributed by atoms with Gasteiger partial charge in [-0.05, 0) is 19.3 Å². The van der Waals surface area contributed by atoms with Crippen LogP contribution in [0.2, 0.25) is 0 Å². The number of ether oxygens (including phenoxy) is 2. The van der Waals surface area contributed by atoms with Crippen molar-refractivity contribution in [2.24, 2.45) is 5.92 Å². The summed E-state index contributed by atoms with van der Waals surface area (Å²) in [6, 6.07) is 0.584. The minimum atomic E-state index is -0.110. The second-order valence-electron chi connectivity index (χ2n) is 3.89. The molecule has 3 nitrogen and oxygen atoms in total. The van der Waals surface area contributed by atoms with Gasteiger partial charge in [0.25, 0.3) is 0 Å². The molecule has 1 unspecified atom stereocenters. The van der Waals surface area contributed by atoms with Crippen molar-refractivity contribution in [3.63, 3.8) is 0 Å². The number of rotatable bonds is 7. The van der Waals surface area contributed by atoms with Gasteiger partial charge in [-0.2, -0.15) is 0 Å². The highest BCUT2D eigenvalue weighted by molar-refractivity contribution is 4.78. The van der Waals surface area contributed by atoms with Gasteiger partial charge in [-0.3, -0.25) is 0 Å². The minimum Gasteiger partial charge on any atom is -0.355 e. The molecule has 1 atom stereocenters. The van der Waals surface area contributed by atoms with Crippen molar-refractivity contribution in [3.05, 3.63) is 0 Å². The lowest BCUT2D eigenvalue weighted by molar-refractivity contribution is -0.0998. The molecule has 1 rings (SSSR count). The van der Waals surface area contributed by atoms with Crippen LogP contribution < -0.4 is 5.32 Å². The summed E-state index contributed by atoms with van der Waals surface area (Å²) in [5.74, 6) is 0.978. The maximum Gasteiger partial charge on any atom is 0.169 e. The van der Waals surface area contributed by atoms with Crippen molar-refractivity contribution >= 4 is 0 Å². The Bertz CT molecular complexity index is 133. The molecule has 13 heavy (non-hydrogen) atoms. The molecule has 0 amide bonds. The van der Waals surface area contributed by atoms with Gasteiger partial charge in [-0.25, -0.2) is 0 Å². The van der Waals surface area contributed by atoms with Gasteiger partial charge in [-0.15, -0.1) is 0 Å². The Kier molecular flexibility index (Phi) is 4.70. The molecule has 0 aliphatic heterocycles. The minimum absolute atomic E-state index is 0.110. The Labute approximate surface area is 80.8 Å². The average Bonchev–Trinajstić information content (AvgIpc) is 2.90. The van der Waals surface area contributed by atoms with Crippen LogP contribution in [0.25, 0.3) is 0 Å².